The van der Waals surface area contributed by atoms with Crippen molar-refractivity contribution >= 4 is 27.3 Å². The van der Waals surface area contributed by atoms with E-state index in [2.05, 4.69) is 21.0 Å². The number of aryl methyl sites for hydroxylation is 1. The molecule has 0 spiro atoms. The van der Waals surface area contributed by atoms with Gasteiger partial charge in [0.2, 0.25) is 0 Å². The number of halogens is 1. The van der Waals surface area contributed by atoms with Gasteiger partial charge in [-0.15, -0.1) is 11.3 Å². The second kappa shape index (κ2) is 4.47. The number of aromatic nitrogens is 2. The van der Waals surface area contributed by atoms with Crippen LogP contribution in [0.25, 0.3) is 0 Å². The first-order valence-corrected chi connectivity index (χ1v) is 6.23. The van der Waals surface area contributed by atoms with E-state index in [1.807, 2.05) is 30.8 Å². The van der Waals surface area contributed by atoms with Crippen LogP contribution in [0.3, 0.4) is 0 Å². The molecule has 5 heteroatoms. The van der Waals surface area contributed by atoms with Crippen LogP contribution in [0.1, 0.15) is 16.7 Å². The number of nitrogens with zero attached hydrogens (tertiary/aromatic N) is 2. The molecule has 0 bridgehead atoms. The van der Waals surface area contributed by atoms with Crippen molar-refractivity contribution in [1.29, 1.82) is 0 Å². The summed E-state index contributed by atoms with van der Waals surface area (Å²) in [7, 11) is 1.87. The minimum Gasteiger partial charge on any atom is -0.387 e. The molecular weight excluding hydrogens is 276 g/mol. The van der Waals surface area contributed by atoms with Gasteiger partial charge in [-0.3, -0.25) is 4.68 Å². The lowest BCUT2D eigenvalue weighted by Gasteiger charge is -2.05. The molecule has 0 amide bonds. The van der Waals surface area contributed by atoms with Gasteiger partial charge in [-0.1, -0.05) is 0 Å². The van der Waals surface area contributed by atoms with Gasteiger partial charge in [0, 0.05) is 34.4 Å². The van der Waals surface area contributed by atoms with Crippen LogP contribution in [0.5, 0.6) is 0 Å². The van der Waals surface area contributed by atoms with Crippen molar-refractivity contribution in [2.24, 2.45) is 7.05 Å². The molecule has 2 aromatic heterocycles. The van der Waals surface area contributed by atoms with Crippen molar-refractivity contribution in [2.45, 2.75) is 12.5 Å². The summed E-state index contributed by atoms with van der Waals surface area (Å²) < 4.78 is 2.76. The Morgan fingerprint density at radius 3 is 3.00 bits per heavy atom. The van der Waals surface area contributed by atoms with Crippen molar-refractivity contribution in [3.63, 3.8) is 0 Å². The lowest BCUT2D eigenvalue weighted by atomic mass is 10.2. The molecule has 1 atom stereocenters. The predicted molar refractivity (Wildman–Crippen MR) is 63.9 cm³/mol. The fourth-order valence-electron chi connectivity index (χ4n) is 1.37. The average molecular weight is 287 g/mol. The first-order chi connectivity index (χ1) is 7.15. The summed E-state index contributed by atoms with van der Waals surface area (Å²) in [5.74, 6) is 0. The molecule has 0 aromatic carbocycles. The molecule has 0 saturated carbocycles. The summed E-state index contributed by atoms with van der Waals surface area (Å²) in [5.41, 5.74) is 0.912. The summed E-state index contributed by atoms with van der Waals surface area (Å²) in [6, 6.07) is 3.87. The van der Waals surface area contributed by atoms with E-state index in [1.54, 1.807) is 16.0 Å². The average Bonchev–Trinajstić information content (AvgIpc) is 2.75. The summed E-state index contributed by atoms with van der Waals surface area (Å²) >= 11 is 4.92. The number of thiophene rings is 1. The second-order valence-electron chi connectivity index (χ2n) is 3.37. The monoisotopic (exact) mass is 286 g/mol. The van der Waals surface area contributed by atoms with E-state index < -0.39 is 6.10 Å². The molecule has 2 rings (SSSR count). The molecule has 15 heavy (non-hydrogen) atoms. The molecule has 0 aliphatic heterocycles. The Labute approximate surface area is 100 Å². The number of rotatable bonds is 3. The molecule has 0 saturated heterocycles. The van der Waals surface area contributed by atoms with E-state index in [9.17, 15) is 5.11 Å². The zero-order chi connectivity index (χ0) is 10.8. The maximum absolute atomic E-state index is 9.94. The predicted octanol–water partition coefficient (Wildman–Crippen LogP) is 2.52. The van der Waals surface area contributed by atoms with Crippen LogP contribution in [-0.2, 0) is 13.5 Å². The van der Waals surface area contributed by atoms with Gasteiger partial charge < -0.3 is 5.11 Å². The zero-order valence-corrected chi connectivity index (χ0v) is 10.6. The van der Waals surface area contributed by atoms with Crippen molar-refractivity contribution in [1.82, 2.24) is 9.78 Å². The molecule has 0 fully saturated rings. The first kappa shape index (κ1) is 10.9. The van der Waals surface area contributed by atoms with Crippen molar-refractivity contribution in [3.8, 4) is 0 Å². The normalized spacial score (nSPS) is 13.0. The highest BCUT2D eigenvalue weighted by Crippen LogP contribution is 2.27. The molecule has 0 aliphatic rings. The van der Waals surface area contributed by atoms with Gasteiger partial charge in [0.15, 0.2) is 0 Å². The Kier molecular flexibility index (Phi) is 3.23. The van der Waals surface area contributed by atoms with E-state index in [0.29, 0.717) is 6.42 Å². The Hall–Kier alpha value is -0.650. The highest BCUT2D eigenvalue weighted by molar-refractivity contribution is 9.10. The lowest BCUT2D eigenvalue weighted by molar-refractivity contribution is 0.181. The molecule has 2 heterocycles. The van der Waals surface area contributed by atoms with Crippen LogP contribution in [0.15, 0.2) is 28.2 Å². The highest BCUT2D eigenvalue weighted by Gasteiger charge is 2.12. The topological polar surface area (TPSA) is 38.0 Å². The van der Waals surface area contributed by atoms with Gasteiger partial charge in [-0.2, -0.15) is 5.10 Å². The maximum Gasteiger partial charge on any atom is 0.0938 e. The molecule has 0 aliphatic carbocycles. The summed E-state index contributed by atoms with van der Waals surface area (Å²) in [5, 5.41) is 16.1. The molecule has 1 N–H and O–H groups in total. The van der Waals surface area contributed by atoms with E-state index in [4.69, 9.17) is 0 Å². The molecule has 3 nitrogen and oxygen atoms in total. The third-order valence-corrected chi connectivity index (χ3v) is 3.88. The van der Waals surface area contributed by atoms with Crippen LogP contribution in [0.4, 0.5) is 0 Å². The fourth-order valence-corrected chi connectivity index (χ4v) is 2.80. The Balaban J connectivity index is 2.06. The smallest absolute Gasteiger partial charge is 0.0938 e. The third kappa shape index (κ3) is 2.68. The fraction of sp³-hybridized carbons (Fsp3) is 0.300. The Morgan fingerprint density at radius 2 is 2.47 bits per heavy atom. The second-order valence-corrected chi connectivity index (χ2v) is 5.23. The van der Waals surface area contributed by atoms with Crippen LogP contribution in [0.2, 0.25) is 0 Å². The third-order valence-electron chi connectivity index (χ3n) is 2.09. The quantitative estimate of drug-likeness (QED) is 0.942. The van der Waals surface area contributed by atoms with Crippen molar-refractivity contribution in [3.05, 3.63) is 38.8 Å². The molecule has 80 valence electrons. The summed E-state index contributed by atoms with van der Waals surface area (Å²) in [6.45, 7) is 0. The number of aliphatic hydroxyl groups excluding tert-OH is 1. The van der Waals surface area contributed by atoms with Gasteiger partial charge >= 0.3 is 0 Å². The summed E-state index contributed by atoms with van der Waals surface area (Å²) in [6.07, 6.45) is 1.98. The maximum atomic E-state index is 9.94. The van der Waals surface area contributed by atoms with Crippen molar-refractivity contribution < 1.29 is 5.11 Å². The van der Waals surface area contributed by atoms with Gasteiger partial charge in [0.25, 0.3) is 0 Å². The minimum absolute atomic E-state index is 0.462. The van der Waals surface area contributed by atoms with E-state index in [0.717, 1.165) is 15.0 Å². The molecule has 0 radical (unpaired) electrons. The van der Waals surface area contributed by atoms with E-state index >= 15 is 0 Å². The lowest BCUT2D eigenvalue weighted by Crippen LogP contribution is -2.01. The van der Waals surface area contributed by atoms with Gasteiger partial charge in [0.05, 0.1) is 11.8 Å². The Morgan fingerprint density at radius 1 is 1.67 bits per heavy atom. The van der Waals surface area contributed by atoms with Crippen LogP contribution < -0.4 is 0 Å². The largest absolute Gasteiger partial charge is 0.387 e. The van der Waals surface area contributed by atoms with Crippen LogP contribution in [0, 0.1) is 0 Å². The molecular formula is C10H11BrN2OS. The zero-order valence-electron chi connectivity index (χ0n) is 8.22. The van der Waals surface area contributed by atoms with Crippen LogP contribution in [-0.4, -0.2) is 14.9 Å². The highest BCUT2D eigenvalue weighted by atomic mass is 79.9. The van der Waals surface area contributed by atoms with Crippen LogP contribution >= 0.6 is 27.3 Å². The minimum atomic E-state index is -0.462. The number of hydrogen-bond acceptors (Lipinski definition) is 3. The van der Waals surface area contributed by atoms with Gasteiger partial charge in [0.1, 0.15) is 0 Å². The number of aliphatic hydroxyl groups is 1. The standard InChI is InChI=1S/C10H11BrN2OS/c1-13-3-2-8(12-13)5-9(14)10-4-7(11)6-15-10/h2-4,6,9,14H,5H2,1H3. The van der Waals surface area contributed by atoms with Crippen molar-refractivity contribution in [2.75, 3.05) is 0 Å². The molecule has 1 unspecified atom stereocenters. The summed E-state index contributed by atoms with van der Waals surface area (Å²) in [4.78, 5) is 0.965. The number of hydrogen-bond donors (Lipinski definition) is 1. The van der Waals surface area contributed by atoms with E-state index in [-0.39, 0.29) is 0 Å². The Bertz CT molecular complexity index is 452. The molecule has 2 aromatic rings. The van der Waals surface area contributed by atoms with E-state index in [1.165, 1.54) is 0 Å². The first-order valence-electron chi connectivity index (χ1n) is 4.55. The SMILES string of the molecule is Cn1ccc(CC(O)c2cc(Br)cs2)n1. The van der Waals surface area contributed by atoms with Gasteiger partial charge in [-0.25, -0.2) is 0 Å². The van der Waals surface area contributed by atoms with Gasteiger partial charge in [-0.05, 0) is 28.1 Å².